The van der Waals surface area contributed by atoms with Gasteiger partial charge in [-0.1, -0.05) is 50.2 Å². The van der Waals surface area contributed by atoms with Crippen molar-refractivity contribution < 1.29 is 9.53 Å². The van der Waals surface area contributed by atoms with E-state index in [9.17, 15) is 4.79 Å². The Labute approximate surface area is 132 Å². The maximum atomic E-state index is 9.76. The van der Waals surface area contributed by atoms with Gasteiger partial charge in [0.25, 0.3) is 6.47 Å². The number of ether oxygens (including phenoxy) is 1. The van der Waals surface area contributed by atoms with Crippen molar-refractivity contribution in [2.75, 3.05) is 5.73 Å². The van der Waals surface area contributed by atoms with Crippen LogP contribution in [0.4, 0.5) is 5.69 Å². The first kappa shape index (κ1) is 17.7. The van der Waals surface area contributed by atoms with E-state index in [2.05, 4.69) is 24.7 Å². The van der Waals surface area contributed by atoms with Gasteiger partial charge in [0.05, 0.1) is 0 Å². The lowest BCUT2D eigenvalue weighted by atomic mass is 10.00. The summed E-state index contributed by atoms with van der Waals surface area (Å²) in [5, 5.41) is 0. The van der Waals surface area contributed by atoms with Crippen LogP contribution in [0.3, 0.4) is 0 Å². The van der Waals surface area contributed by atoms with E-state index in [0.717, 1.165) is 16.8 Å². The van der Waals surface area contributed by atoms with Crippen LogP contribution in [0.25, 0.3) is 0 Å². The Morgan fingerprint density at radius 1 is 1.09 bits per heavy atom. The first-order chi connectivity index (χ1) is 10.6. The molecular weight excluding hydrogens is 276 g/mol. The van der Waals surface area contributed by atoms with Crippen molar-refractivity contribution in [2.24, 2.45) is 5.73 Å². The summed E-state index contributed by atoms with van der Waals surface area (Å²) in [4.78, 5) is 9.76. The molecule has 2 aromatic rings. The number of anilines is 1. The molecule has 0 saturated heterocycles. The quantitative estimate of drug-likeness (QED) is 0.656. The Bertz CT molecular complexity index is 569. The van der Waals surface area contributed by atoms with Crippen LogP contribution >= 0.6 is 0 Å². The monoisotopic (exact) mass is 300 g/mol. The van der Waals surface area contributed by atoms with Gasteiger partial charge >= 0.3 is 0 Å². The lowest BCUT2D eigenvalue weighted by molar-refractivity contribution is -0.129. The van der Waals surface area contributed by atoms with Gasteiger partial charge < -0.3 is 16.2 Å². The highest BCUT2D eigenvalue weighted by Crippen LogP contribution is 2.19. The Morgan fingerprint density at radius 3 is 2.32 bits per heavy atom. The van der Waals surface area contributed by atoms with Crippen molar-refractivity contribution in [1.29, 1.82) is 0 Å². The largest absolute Gasteiger partial charge is 0.463 e. The number of hydrogen-bond donors (Lipinski definition) is 2. The summed E-state index contributed by atoms with van der Waals surface area (Å²) in [6.07, 6.45) is 0. The number of hydrogen-bond acceptors (Lipinski definition) is 4. The van der Waals surface area contributed by atoms with E-state index in [1.54, 1.807) is 0 Å². The summed E-state index contributed by atoms with van der Waals surface area (Å²) in [5.41, 5.74) is 15.4. The predicted octanol–water partition coefficient (Wildman–Crippen LogP) is 3.21. The van der Waals surface area contributed by atoms with Crippen LogP contribution in [-0.4, -0.2) is 6.47 Å². The van der Waals surface area contributed by atoms with Crippen LogP contribution in [0, 0.1) is 0 Å². The van der Waals surface area contributed by atoms with E-state index >= 15 is 0 Å². The molecule has 4 nitrogen and oxygen atoms in total. The van der Waals surface area contributed by atoms with Gasteiger partial charge in [-0.2, -0.15) is 0 Å². The number of carbonyl (C=O) groups excluding carboxylic acids is 1. The Morgan fingerprint density at radius 2 is 1.77 bits per heavy atom. The lowest BCUT2D eigenvalue weighted by Gasteiger charge is -2.08. The second-order valence-electron chi connectivity index (χ2n) is 5.26. The molecule has 0 aliphatic carbocycles. The maximum absolute atomic E-state index is 9.76. The average Bonchev–Trinajstić information content (AvgIpc) is 2.53. The van der Waals surface area contributed by atoms with Gasteiger partial charge in [-0.05, 0) is 34.7 Å². The normalized spacial score (nSPS) is 9.82. The first-order valence-corrected chi connectivity index (χ1v) is 7.25. The fourth-order valence-electron chi connectivity index (χ4n) is 1.90. The summed E-state index contributed by atoms with van der Waals surface area (Å²) < 4.78 is 4.54. The van der Waals surface area contributed by atoms with E-state index in [1.807, 2.05) is 42.5 Å². The second kappa shape index (κ2) is 9.58. The minimum atomic E-state index is 0.365. The molecule has 2 rings (SSSR count). The number of nitrogens with two attached hydrogens (primary N) is 2. The molecule has 118 valence electrons. The summed E-state index contributed by atoms with van der Waals surface area (Å²) in [6, 6.07) is 15.6. The highest BCUT2D eigenvalue weighted by molar-refractivity contribution is 5.45. The van der Waals surface area contributed by atoms with E-state index < -0.39 is 0 Å². The number of rotatable bonds is 5. The number of benzene rings is 2. The smallest absolute Gasteiger partial charge is 0.293 e. The van der Waals surface area contributed by atoms with Crippen LogP contribution in [0.15, 0.2) is 48.5 Å². The standard InChI is InChI=1S/C10H16N2.C8H8O2/c1-7(2)9-3-8(6-11)4-10(12)5-9;9-7-10-6-8-4-2-1-3-5-8/h3-5,7H,6,11-12H2,1-2H3;1-5,7H,6H2. The number of nitrogen functional groups attached to an aromatic ring is 1. The molecule has 0 amide bonds. The van der Waals surface area contributed by atoms with Gasteiger partial charge in [0.15, 0.2) is 0 Å². The molecule has 0 unspecified atom stereocenters. The zero-order valence-corrected chi connectivity index (χ0v) is 13.2. The fraction of sp³-hybridized carbons (Fsp3) is 0.278. The van der Waals surface area contributed by atoms with E-state index in [4.69, 9.17) is 11.5 Å². The molecule has 4 heteroatoms. The van der Waals surface area contributed by atoms with E-state index in [-0.39, 0.29) is 0 Å². The molecule has 0 atom stereocenters. The van der Waals surface area contributed by atoms with Crippen LogP contribution in [0.2, 0.25) is 0 Å². The van der Waals surface area contributed by atoms with Crippen molar-refractivity contribution >= 4 is 12.2 Å². The van der Waals surface area contributed by atoms with Gasteiger partial charge in [-0.15, -0.1) is 0 Å². The summed E-state index contributed by atoms with van der Waals surface area (Å²) in [7, 11) is 0. The Hall–Kier alpha value is -2.33. The molecule has 22 heavy (non-hydrogen) atoms. The zero-order chi connectivity index (χ0) is 16.4. The van der Waals surface area contributed by atoms with Crippen LogP contribution in [0.5, 0.6) is 0 Å². The highest BCUT2D eigenvalue weighted by Gasteiger charge is 2.01. The molecule has 0 radical (unpaired) electrons. The van der Waals surface area contributed by atoms with E-state index in [0.29, 0.717) is 25.5 Å². The lowest BCUT2D eigenvalue weighted by Crippen LogP contribution is -2.00. The van der Waals surface area contributed by atoms with Gasteiger partial charge in [0.1, 0.15) is 6.61 Å². The van der Waals surface area contributed by atoms with Gasteiger partial charge in [0.2, 0.25) is 0 Å². The van der Waals surface area contributed by atoms with Crippen LogP contribution < -0.4 is 11.5 Å². The third-order valence-electron chi connectivity index (χ3n) is 3.10. The third kappa shape index (κ3) is 6.41. The van der Waals surface area contributed by atoms with Gasteiger partial charge in [0, 0.05) is 12.2 Å². The second-order valence-corrected chi connectivity index (χ2v) is 5.26. The molecule has 2 aromatic carbocycles. The molecule has 0 spiro atoms. The Kier molecular flexibility index (Phi) is 7.72. The summed E-state index contributed by atoms with van der Waals surface area (Å²) >= 11 is 0. The molecule has 0 aliphatic heterocycles. The van der Waals surface area contributed by atoms with Crippen molar-refractivity contribution in [3.63, 3.8) is 0 Å². The molecule has 0 aromatic heterocycles. The third-order valence-corrected chi connectivity index (χ3v) is 3.10. The molecule has 0 saturated carbocycles. The van der Waals surface area contributed by atoms with Crippen molar-refractivity contribution in [2.45, 2.75) is 32.9 Å². The predicted molar refractivity (Wildman–Crippen MR) is 90.1 cm³/mol. The minimum absolute atomic E-state index is 0.365. The summed E-state index contributed by atoms with van der Waals surface area (Å²) in [5.74, 6) is 0.513. The molecule has 0 bridgehead atoms. The molecular formula is C18H24N2O2. The molecule has 4 N–H and O–H groups in total. The zero-order valence-electron chi connectivity index (χ0n) is 13.2. The van der Waals surface area contributed by atoms with E-state index in [1.165, 1.54) is 5.56 Å². The topological polar surface area (TPSA) is 78.3 Å². The van der Waals surface area contributed by atoms with Crippen LogP contribution in [-0.2, 0) is 22.7 Å². The Balaban J connectivity index is 0.000000224. The molecule has 0 fully saturated rings. The fourth-order valence-corrected chi connectivity index (χ4v) is 1.90. The minimum Gasteiger partial charge on any atom is -0.463 e. The SMILES string of the molecule is CC(C)c1cc(N)cc(CN)c1.O=COCc1ccccc1. The van der Waals surface area contributed by atoms with Crippen molar-refractivity contribution in [1.82, 2.24) is 0 Å². The van der Waals surface area contributed by atoms with Gasteiger partial charge in [-0.25, -0.2) is 0 Å². The first-order valence-electron chi connectivity index (χ1n) is 7.25. The highest BCUT2D eigenvalue weighted by atomic mass is 16.5. The molecule has 0 aliphatic rings. The maximum Gasteiger partial charge on any atom is 0.293 e. The van der Waals surface area contributed by atoms with Crippen molar-refractivity contribution in [3.8, 4) is 0 Å². The van der Waals surface area contributed by atoms with Crippen LogP contribution in [0.1, 0.15) is 36.5 Å². The van der Waals surface area contributed by atoms with Gasteiger partial charge in [-0.3, -0.25) is 4.79 Å². The van der Waals surface area contributed by atoms with Crippen molar-refractivity contribution in [3.05, 3.63) is 65.2 Å². The number of carbonyl (C=O) groups is 1. The summed E-state index contributed by atoms with van der Waals surface area (Å²) in [6.45, 7) is 5.67. The average molecular weight is 300 g/mol. The molecule has 0 heterocycles.